The van der Waals surface area contributed by atoms with Gasteiger partial charge >= 0.3 is 5.97 Å². The normalized spacial score (nSPS) is 10.4. The molecule has 0 atom stereocenters. The monoisotopic (exact) mass is 355 g/mol. The number of nitrogens with zero attached hydrogens (tertiary/aromatic N) is 1. The molecule has 1 aromatic rings. The van der Waals surface area contributed by atoms with Crippen LogP contribution >= 0.6 is 12.4 Å². The van der Waals surface area contributed by atoms with Gasteiger partial charge in [0.2, 0.25) is 0 Å². The van der Waals surface area contributed by atoms with Crippen LogP contribution in [0, 0.1) is 0 Å². The van der Waals surface area contributed by atoms with Crippen molar-refractivity contribution < 1.29 is 9.90 Å². The molecule has 138 valence electrons. The van der Waals surface area contributed by atoms with Gasteiger partial charge in [0.25, 0.3) is 0 Å². The molecule has 1 N–H and O–H groups in total. The van der Waals surface area contributed by atoms with Crippen LogP contribution in [0.4, 0.5) is 0 Å². The second kappa shape index (κ2) is 15.4. The lowest BCUT2D eigenvalue weighted by Gasteiger charge is -2.04. The van der Waals surface area contributed by atoms with Crippen LogP contribution in [0.25, 0.3) is 0 Å². The van der Waals surface area contributed by atoms with Crippen molar-refractivity contribution in [3.63, 3.8) is 0 Å². The van der Waals surface area contributed by atoms with Crippen molar-refractivity contribution in [3.8, 4) is 0 Å². The van der Waals surface area contributed by atoms with Gasteiger partial charge in [-0.1, -0.05) is 77.6 Å². The fourth-order valence-corrected chi connectivity index (χ4v) is 2.90. The Morgan fingerprint density at radius 1 is 0.917 bits per heavy atom. The zero-order valence-corrected chi connectivity index (χ0v) is 16.0. The summed E-state index contributed by atoms with van der Waals surface area (Å²) in [5.41, 5.74) is 1.24. The van der Waals surface area contributed by atoms with Crippen LogP contribution in [0.5, 0.6) is 0 Å². The number of carbonyl (C=O) groups is 1. The Morgan fingerprint density at radius 2 is 1.42 bits per heavy atom. The first-order valence-electron chi connectivity index (χ1n) is 9.42. The summed E-state index contributed by atoms with van der Waals surface area (Å²) in [6.45, 7) is 2.26. The van der Waals surface area contributed by atoms with E-state index in [1.54, 1.807) is 18.3 Å². The predicted octanol–water partition coefficient (Wildman–Crippen LogP) is 6.45. The molecule has 0 radical (unpaired) electrons. The molecule has 0 aliphatic heterocycles. The summed E-state index contributed by atoms with van der Waals surface area (Å²) >= 11 is 0. The molecule has 24 heavy (non-hydrogen) atoms. The first kappa shape index (κ1) is 22.9. The maximum atomic E-state index is 10.9. The van der Waals surface area contributed by atoms with E-state index in [0.717, 1.165) is 18.5 Å². The van der Waals surface area contributed by atoms with E-state index in [4.69, 9.17) is 5.11 Å². The quantitative estimate of drug-likeness (QED) is 0.390. The van der Waals surface area contributed by atoms with Gasteiger partial charge in [0.05, 0.1) is 5.56 Å². The molecule has 0 bridgehead atoms. The molecule has 0 fully saturated rings. The number of aromatic carboxylic acids is 1. The van der Waals surface area contributed by atoms with E-state index in [1.807, 2.05) is 0 Å². The van der Waals surface area contributed by atoms with Crippen molar-refractivity contribution in [1.82, 2.24) is 4.98 Å². The number of hydrogen-bond acceptors (Lipinski definition) is 2. The molecule has 1 rings (SSSR count). The highest BCUT2D eigenvalue weighted by Gasteiger charge is 2.03. The lowest BCUT2D eigenvalue weighted by molar-refractivity contribution is 0.0696. The van der Waals surface area contributed by atoms with Crippen molar-refractivity contribution in [2.45, 2.75) is 90.4 Å². The third kappa shape index (κ3) is 11.4. The average Bonchev–Trinajstić information content (AvgIpc) is 2.56. The molecule has 0 aromatic carbocycles. The third-order valence-electron chi connectivity index (χ3n) is 4.35. The SMILES string of the molecule is CCCCCCCCCCCCCCc1cc(C(=O)O)ccn1.Cl. The fourth-order valence-electron chi connectivity index (χ4n) is 2.90. The van der Waals surface area contributed by atoms with Crippen molar-refractivity contribution in [2.75, 3.05) is 0 Å². The number of unbranched alkanes of at least 4 members (excludes halogenated alkanes) is 11. The highest BCUT2D eigenvalue weighted by Crippen LogP contribution is 2.13. The van der Waals surface area contributed by atoms with Gasteiger partial charge in [-0.15, -0.1) is 12.4 Å². The van der Waals surface area contributed by atoms with Crippen LogP contribution in [-0.2, 0) is 6.42 Å². The Labute approximate surface area is 153 Å². The number of rotatable bonds is 14. The number of pyridine rings is 1. The van der Waals surface area contributed by atoms with E-state index in [1.165, 1.54) is 70.6 Å². The van der Waals surface area contributed by atoms with Crippen LogP contribution in [0.1, 0.15) is 100 Å². The molecule has 0 unspecified atom stereocenters. The molecule has 0 spiro atoms. The molecule has 0 saturated heterocycles. The number of aryl methyl sites for hydroxylation is 1. The van der Waals surface area contributed by atoms with E-state index in [0.29, 0.717) is 5.56 Å². The lowest BCUT2D eigenvalue weighted by Crippen LogP contribution is -1.99. The molecule has 3 nitrogen and oxygen atoms in total. The molecule has 0 amide bonds. The summed E-state index contributed by atoms with van der Waals surface area (Å²) in [6.07, 6.45) is 18.5. The molecular weight excluding hydrogens is 322 g/mol. The zero-order valence-electron chi connectivity index (χ0n) is 15.1. The topological polar surface area (TPSA) is 50.2 Å². The smallest absolute Gasteiger partial charge is 0.335 e. The average molecular weight is 356 g/mol. The maximum absolute atomic E-state index is 10.9. The van der Waals surface area contributed by atoms with Crippen molar-refractivity contribution in [1.29, 1.82) is 0 Å². The first-order chi connectivity index (χ1) is 11.2. The Hall–Kier alpha value is -1.09. The van der Waals surface area contributed by atoms with Gasteiger partial charge in [0.15, 0.2) is 0 Å². The molecule has 1 aromatic heterocycles. The molecule has 1 heterocycles. The summed E-state index contributed by atoms with van der Waals surface area (Å²) in [7, 11) is 0. The van der Waals surface area contributed by atoms with Crippen LogP contribution in [0.2, 0.25) is 0 Å². The summed E-state index contributed by atoms with van der Waals surface area (Å²) < 4.78 is 0. The maximum Gasteiger partial charge on any atom is 0.335 e. The number of carboxylic acids is 1. The minimum absolute atomic E-state index is 0. The molecule has 0 saturated carbocycles. The predicted molar refractivity (Wildman–Crippen MR) is 103 cm³/mol. The molecule has 0 aliphatic rings. The standard InChI is InChI=1S/C20H33NO2.ClH/c1-2-3-4-5-6-7-8-9-10-11-12-13-14-19-17-18(20(22)23)15-16-21-19;/h15-17H,2-14H2,1H3,(H,22,23);1H. The number of aromatic nitrogens is 1. The highest BCUT2D eigenvalue weighted by molar-refractivity contribution is 5.87. The van der Waals surface area contributed by atoms with Gasteiger partial charge in [-0.2, -0.15) is 0 Å². The summed E-state index contributed by atoms with van der Waals surface area (Å²) in [5.74, 6) is -0.872. The molecule has 0 aliphatic carbocycles. The Balaban J connectivity index is 0.00000529. The van der Waals surface area contributed by atoms with Crippen molar-refractivity contribution >= 4 is 18.4 Å². The Kier molecular flexibility index (Phi) is 14.7. The summed E-state index contributed by atoms with van der Waals surface area (Å²) in [4.78, 5) is 15.1. The van der Waals surface area contributed by atoms with Crippen LogP contribution in [0.3, 0.4) is 0 Å². The van der Waals surface area contributed by atoms with Crippen molar-refractivity contribution in [3.05, 3.63) is 29.6 Å². The Bertz CT molecular complexity index is 437. The zero-order chi connectivity index (χ0) is 16.8. The van der Waals surface area contributed by atoms with Gasteiger partial charge in [-0.25, -0.2) is 4.79 Å². The van der Waals surface area contributed by atoms with Crippen LogP contribution in [0.15, 0.2) is 18.3 Å². The second-order valence-electron chi connectivity index (χ2n) is 6.48. The fraction of sp³-hybridized carbons (Fsp3) is 0.700. The first-order valence-corrected chi connectivity index (χ1v) is 9.42. The van der Waals surface area contributed by atoms with E-state index in [-0.39, 0.29) is 12.4 Å². The number of halogens is 1. The van der Waals surface area contributed by atoms with E-state index < -0.39 is 5.97 Å². The second-order valence-corrected chi connectivity index (χ2v) is 6.48. The van der Waals surface area contributed by atoms with Gasteiger partial charge < -0.3 is 5.11 Å². The largest absolute Gasteiger partial charge is 0.478 e. The van der Waals surface area contributed by atoms with E-state index in [2.05, 4.69) is 11.9 Å². The van der Waals surface area contributed by atoms with Gasteiger partial charge in [0.1, 0.15) is 0 Å². The van der Waals surface area contributed by atoms with Crippen LogP contribution < -0.4 is 0 Å². The Morgan fingerprint density at radius 3 is 1.92 bits per heavy atom. The number of carboxylic acid groups (broad SMARTS) is 1. The van der Waals surface area contributed by atoms with Gasteiger partial charge in [-0.05, 0) is 25.0 Å². The lowest BCUT2D eigenvalue weighted by atomic mass is 10.0. The van der Waals surface area contributed by atoms with Crippen molar-refractivity contribution in [2.24, 2.45) is 0 Å². The van der Waals surface area contributed by atoms with Gasteiger partial charge in [-0.3, -0.25) is 4.98 Å². The summed E-state index contributed by atoms with van der Waals surface area (Å²) in [6, 6.07) is 3.25. The number of hydrogen-bond donors (Lipinski definition) is 1. The minimum atomic E-state index is -0.872. The molecule has 4 heteroatoms. The summed E-state index contributed by atoms with van der Waals surface area (Å²) in [5, 5.41) is 8.95. The van der Waals surface area contributed by atoms with E-state index >= 15 is 0 Å². The highest BCUT2D eigenvalue weighted by atomic mass is 35.5. The van der Waals surface area contributed by atoms with E-state index in [9.17, 15) is 4.79 Å². The molecular formula is C20H34ClNO2. The third-order valence-corrected chi connectivity index (χ3v) is 4.35. The van der Waals surface area contributed by atoms with Gasteiger partial charge in [0, 0.05) is 11.9 Å². The van der Waals surface area contributed by atoms with Crippen LogP contribution in [-0.4, -0.2) is 16.1 Å². The minimum Gasteiger partial charge on any atom is -0.478 e.